The van der Waals surface area contributed by atoms with Crippen LogP contribution in [0.5, 0.6) is 0 Å². The Balaban J connectivity index is 0.844. The Morgan fingerprint density at radius 2 is 0.584 bits per heavy atom. The molecule has 0 N–H and O–H groups in total. The fourth-order valence-electron chi connectivity index (χ4n) is 22.2. The largest absolute Gasteiger partial charge is 0.335 e. The summed E-state index contributed by atoms with van der Waals surface area (Å²) in [4.78, 5) is 8.17. The highest BCUT2D eigenvalue weighted by molar-refractivity contribution is 6.47. The number of benzene rings is 13. The lowest BCUT2D eigenvalue weighted by atomic mass is 9.69. The molecule has 0 radical (unpaired) electrons. The van der Waals surface area contributed by atoms with Gasteiger partial charge in [-0.1, -0.05) is 209 Å². The normalized spacial score (nSPS) is 24.4. The summed E-state index contributed by atoms with van der Waals surface area (Å²) in [5, 5.41) is 16.0. The van der Waals surface area contributed by atoms with Gasteiger partial charge in [-0.2, -0.15) is 0 Å². The Morgan fingerprint density at radius 1 is 0.267 bits per heavy atom. The summed E-state index contributed by atoms with van der Waals surface area (Å²) in [6, 6.07) is 102. The summed E-state index contributed by atoms with van der Waals surface area (Å²) >= 11 is 0. The second-order valence-corrected chi connectivity index (χ2v) is 32.6. The predicted octanol–water partition coefficient (Wildman–Crippen LogP) is 27.3. The molecule has 3 fully saturated rings. The molecule has 0 bridgehead atoms. The van der Waals surface area contributed by atoms with Crippen LogP contribution in [0.4, 0.5) is 34.1 Å². The Kier molecular flexibility index (Phi) is 12.9. The molecule has 0 amide bonds. The molecule has 3 aliphatic heterocycles. The van der Waals surface area contributed by atoms with Crippen molar-refractivity contribution in [3.05, 3.63) is 278 Å². The third kappa shape index (κ3) is 8.35. The predicted molar refractivity (Wildman–Crippen MR) is 429 cm³/mol. The molecule has 101 heavy (non-hydrogen) atoms. The van der Waals surface area contributed by atoms with Gasteiger partial charge in [0.25, 0.3) is 0 Å². The second kappa shape index (κ2) is 21.9. The van der Waals surface area contributed by atoms with Crippen molar-refractivity contribution in [2.24, 2.45) is 17.8 Å². The van der Waals surface area contributed by atoms with Crippen LogP contribution < -0.4 is 14.7 Å². The molecule has 3 heterocycles. The van der Waals surface area contributed by atoms with E-state index in [2.05, 4.69) is 317 Å². The molecule has 9 atom stereocenters. The van der Waals surface area contributed by atoms with E-state index in [-0.39, 0.29) is 16.6 Å². The van der Waals surface area contributed by atoms with Crippen LogP contribution >= 0.6 is 0 Å². The topological polar surface area (TPSA) is 9.72 Å². The highest BCUT2D eigenvalue weighted by atomic mass is 15.3. The molecule has 3 saturated carbocycles. The van der Waals surface area contributed by atoms with Gasteiger partial charge in [-0.15, -0.1) is 0 Å². The molecule has 492 valence electrons. The first-order chi connectivity index (χ1) is 49.4. The van der Waals surface area contributed by atoms with Gasteiger partial charge in [0.2, 0.25) is 0 Å². The van der Waals surface area contributed by atoms with Crippen molar-refractivity contribution in [3.8, 4) is 55.6 Å². The number of rotatable bonds is 8. The van der Waals surface area contributed by atoms with Gasteiger partial charge in [-0.3, -0.25) is 0 Å². The van der Waals surface area contributed by atoms with E-state index in [0.29, 0.717) is 35.5 Å². The summed E-state index contributed by atoms with van der Waals surface area (Å²) in [5.41, 5.74) is 25.4. The van der Waals surface area contributed by atoms with Crippen LogP contribution in [-0.2, 0) is 0 Å². The van der Waals surface area contributed by atoms with Gasteiger partial charge in [0.05, 0.1) is 0 Å². The Bertz CT molecular complexity index is 5590. The zero-order valence-corrected chi connectivity index (χ0v) is 59.0. The van der Waals surface area contributed by atoms with E-state index >= 15 is 0 Å². The Hall–Kier alpha value is -10.2. The van der Waals surface area contributed by atoms with Crippen molar-refractivity contribution in [2.45, 2.75) is 134 Å². The maximum atomic E-state index is 2.73. The molecule has 15 aromatic carbocycles. The maximum absolute atomic E-state index is 2.73. The van der Waals surface area contributed by atoms with Crippen molar-refractivity contribution in [2.75, 3.05) is 14.7 Å². The molecule has 3 aliphatic carbocycles. The molecule has 3 nitrogen and oxygen atoms in total. The van der Waals surface area contributed by atoms with E-state index in [1.54, 1.807) is 0 Å². The smallest absolute Gasteiger partial charge is 0.0492 e. The fourth-order valence-corrected chi connectivity index (χ4v) is 22.2. The van der Waals surface area contributed by atoms with E-state index < -0.39 is 0 Å². The van der Waals surface area contributed by atoms with Gasteiger partial charge in [-0.25, -0.2) is 0 Å². The minimum atomic E-state index is -0.0253. The van der Waals surface area contributed by atoms with Gasteiger partial charge in [-0.05, 0) is 306 Å². The van der Waals surface area contributed by atoms with Crippen molar-refractivity contribution >= 4 is 98.8 Å². The highest BCUT2D eigenvalue weighted by Crippen LogP contribution is 2.65. The van der Waals surface area contributed by atoms with E-state index in [4.69, 9.17) is 0 Å². The molecule has 0 aromatic heterocycles. The minimum absolute atomic E-state index is 0.0127. The van der Waals surface area contributed by atoms with Crippen LogP contribution in [0.3, 0.4) is 0 Å². The van der Waals surface area contributed by atoms with Crippen molar-refractivity contribution in [1.82, 2.24) is 0 Å². The van der Waals surface area contributed by atoms with E-state index in [9.17, 15) is 0 Å². The van der Waals surface area contributed by atoms with Crippen LogP contribution in [-0.4, -0.2) is 16.6 Å². The summed E-state index contributed by atoms with van der Waals surface area (Å²) in [5.74, 6) is 3.25. The van der Waals surface area contributed by atoms with Crippen molar-refractivity contribution in [3.63, 3.8) is 0 Å². The van der Waals surface area contributed by atoms with Crippen LogP contribution in [0.1, 0.15) is 134 Å². The Labute approximate surface area is 594 Å². The fraction of sp³-hybridized carbons (Fsp3) is 0.245. The molecule has 0 spiro atoms. The molecule has 21 rings (SSSR count). The first kappa shape index (κ1) is 59.6. The molecule has 15 aromatic rings. The summed E-state index contributed by atoms with van der Waals surface area (Å²) in [6.45, 7) is 15.1. The number of nitrogens with zero attached hydrogens (tertiary/aromatic N) is 3. The van der Waals surface area contributed by atoms with Crippen LogP contribution in [0.15, 0.2) is 261 Å². The van der Waals surface area contributed by atoms with Gasteiger partial charge in [0, 0.05) is 68.5 Å². The third-order valence-electron chi connectivity index (χ3n) is 26.9. The van der Waals surface area contributed by atoms with Gasteiger partial charge in [0.1, 0.15) is 0 Å². The molecule has 3 heteroatoms. The van der Waals surface area contributed by atoms with Crippen LogP contribution in [0.25, 0.3) is 120 Å². The first-order valence-corrected chi connectivity index (χ1v) is 38.0. The van der Waals surface area contributed by atoms with Crippen molar-refractivity contribution < 1.29 is 0 Å². The standard InChI is InChI=1S/C98H85N3/c1-59-47-50-96(4)81(53-59)78-56-64(35-44-84(78)99(96)67-27-16-9-17-28-67)70-38-41-75-89-73(70)33-22-34-74(89)92-87(62-23-12-7-13-24-62)94-76-42-39-71(65-36-45-85-79(57-65)82-54-60(2)48-51-97(82,5)100(85)68-29-18-10-19-30-68)90-72(40-43-77(91(76)90)95(94)88(93(75)92)63-25-14-8-15-26-63)66-37-46-86-80(58-66)83-55-61(3)49-52-98(83,6)101(86)69-31-20-11-21-32-69/h7-46,56-61,81-83H,47-55H2,1-6H3. The molecular formula is C98H85N3. The lowest BCUT2D eigenvalue weighted by molar-refractivity contribution is 0.237. The van der Waals surface area contributed by atoms with Gasteiger partial charge in [0.15, 0.2) is 0 Å². The number of para-hydroxylation sites is 3. The zero-order valence-electron chi connectivity index (χ0n) is 59.0. The van der Waals surface area contributed by atoms with E-state index in [1.807, 2.05) is 0 Å². The zero-order chi connectivity index (χ0) is 67.4. The van der Waals surface area contributed by atoms with E-state index in [0.717, 1.165) is 0 Å². The highest BCUT2D eigenvalue weighted by Gasteiger charge is 2.54. The average molecular weight is 1300 g/mol. The SMILES string of the molecule is CC1CCC2(C)C(C1)c1cc(-c3ccc4c5c(-c6ccccc6)c6c7ccc(-c8ccc9c(c8)C8CC(C)CCC8(C)N9c8ccccc8)c8c(-c9ccc%10c(c9)C9CC(C)CCC9(C)N%10c9ccccc9)ccc(c6c(-c6ccccc6)c5c5cccc3c54)c87)ccc1N2c1ccccc1. The van der Waals surface area contributed by atoms with Crippen LogP contribution in [0, 0.1) is 17.8 Å². The van der Waals surface area contributed by atoms with Gasteiger partial charge < -0.3 is 14.7 Å². The second-order valence-electron chi connectivity index (χ2n) is 32.6. The lowest BCUT2D eigenvalue weighted by Gasteiger charge is -2.45. The lowest BCUT2D eigenvalue weighted by Crippen LogP contribution is -2.46. The molecular weight excluding hydrogens is 1220 g/mol. The first-order valence-electron chi connectivity index (χ1n) is 38.0. The molecule has 9 unspecified atom stereocenters. The maximum Gasteiger partial charge on any atom is 0.0492 e. The van der Waals surface area contributed by atoms with E-state index in [1.165, 1.54) is 229 Å². The average Bonchev–Trinajstić information content (AvgIpc) is 1.52. The third-order valence-corrected chi connectivity index (χ3v) is 26.9. The van der Waals surface area contributed by atoms with Crippen LogP contribution in [0.2, 0.25) is 0 Å². The minimum Gasteiger partial charge on any atom is -0.335 e. The number of fused-ring (bicyclic) bond motifs is 15. The monoisotopic (exact) mass is 1300 g/mol. The molecule has 6 aliphatic rings. The number of hydrogen-bond acceptors (Lipinski definition) is 3. The summed E-state index contributed by atoms with van der Waals surface area (Å²) in [7, 11) is 0. The summed E-state index contributed by atoms with van der Waals surface area (Å²) < 4.78 is 0. The Morgan fingerprint density at radius 3 is 0.960 bits per heavy atom. The number of anilines is 6. The quantitative estimate of drug-likeness (QED) is 0.150. The number of hydrogen-bond donors (Lipinski definition) is 0. The summed E-state index contributed by atoms with van der Waals surface area (Å²) in [6.07, 6.45) is 10.8. The van der Waals surface area contributed by atoms with Gasteiger partial charge >= 0.3 is 0 Å². The van der Waals surface area contributed by atoms with Crippen molar-refractivity contribution in [1.29, 1.82) is 0 Å². The molecule has 0 saturated heterocycles.